The number of rotatable bonds is 10. The number of hydrogen-bond donors (Lipinski definition) is 1. The summed E-state index contributed by atoms with van der Waals surface area (Å²) in [5, 5.41) is 0. The van der Waals surface area contributed by atoms with E-state index in [1.54, 1.807) is 6.92 Å². The van der Waals surface area contributed by atoms with E-state index in [1.165, 1.54) is 0 Å². The van der Waals surface area contributed by atoms with Gasteiger partial charge in [-0.3, -0.25) is 14.5 Å². The van der Waals surface area contributed by atoms with Crippen LogP contribution in [0.1, 0.15) is 26.2 Å². The van der Waals surface area contributed by atoms with Crippen molar-refractivity contribution in [3.8, 4) is 0 Å². The van der Waals surface area contributed by atoms with Crippen LogP contribution < -0.4 is 5.73 Å². The van der Waals surface area contributed by atoms with Crippen LogP contribution in [-0.2, 0) is 24.2 Å². The summed E-state index contributed by atoms with van der Waals surface area (Å²) >= 11 is 0. The normalized spacial score (nSPS) is 15.3. The van der Waals surface area contributed by atoms with Gasteiger partial charge in [-0.2, -0.15) is 0 Å². The maximum atomic E-state index is 11.7. The summed E-state index contributed by atoms with van der Waals surface area (Å²) in [6, 6.07) is 0.269. The zero-order valence-corrected chi connectivity index (χ0v) is 12.5. The maximum absolute atomic E-state index is 11.7. The number of nitrogens with two attached hydrogens (primary N) is 1. The lowest BCUT2D eigenvalue weighted by Crippen LogP contribution is -2.37. The Bertz CT molecular complexity index is 445. The lowest BCUT2D eigenvalue weighted by Gasteiger charge is -2.20. The fraction of sp³-hybridized carbons (Fsp3) is 0.833. The third-order valence-corrected chi connectivity index (χ3v) is 4.68. The Kier molecular flexibility index (Phi) is 6.41. The molecule has 1 rings (SSSR count). The largest absolute Gasteiger partial charge is 0.465 e. The van der Waals surface area contributed by atoms with Crippen molar-refractivity contribution in [2.45, 2.75) is 32.2 Å². The summed E-state index contributed by atoms with van der Waals surface area (Å²) in [7, 11) is -3.32. The van der Waals surface area contributed by atoms with Crippen molar-refractivity contribution < 1.29 is 22.7 Å². The molecule has 0 atom stereocenters. The monoisotopic (exact) mass is 306 g/mol. The van der Waals surface area contributed by atoms with Crippen LogP contribution in [0.3, 0.4) is 0 Å². The van der Waals surface area contributed by atoms with E-state index >= 15 is 0 Å². The minimum atomic E-state index is -3.32. The van der Waals surface area contributed by atoms with E-state index in [2.05, 4.69) is 0 Å². The van der Waals surface area contributed by atoms with Crippen LogP contribution in [0.5, 0.6) is 0 Å². The lowest BCUT2D eigenvalue weighted by molar-refractivity contribution is -0.144. The van der Waals surface area contributed by atoms with E-state index in [1.807, 2.05) is 4.90 Å². The number of esters is 1. The zero-order chi connectivity index (χ0) is 15.2. The first-order valence-corrected chi connectivity index (χ1v) is 8.54. The maximum Gasteiger partial charge on any atom is 0.320 e. The molecule has 2 N–H and O–H groups in total. The van der Waals surface area contributed by atoms with Crippen molar-refractivity contribution in [2.75, 3.05) is 31.2 Å². The van der Waals surface area contributed by atoms with E-state index in [-0.39, 0.29) is 43.0 Å². The van der Waals surface area contributed by atoms with Crippen LogP contribution in [0.4, 0.5) is 0 Å². The molecule has 0 radical (unpaired) electrons. The van der Waals surface area contributed by atoms with Crippen LogP contribution in [0.15, 0.2) is 0 Å². The molecule has 7 nitrogen and oxygen atoms in total. The first kappa shape index (κ1) is 16.9. The van der Waals surface area contributed by atoms with Crippen molar-refractivity contribution >= 4 is 21.7 Å². The van der Waals surface area contributed by atoms with Crippen molar-refractivity contribution in [1.82, 2.24) is 4.90 Å². The van der Waals surface area contributed by atoms with E-state index in [4.69, 9.17) is 10.5 Å². The average Bonchev–Trinajstić information content (AvgIpc) is 3.17. The molecule has 1 aliphatic carbocycles. The zero-order valence-electron chi connectivity index (χ0n) is 11.7. The van der Waals surface area contributed by atoms with Gasteiger partial charge in [0.2, 0.25) is 5.91 Å². The van der Waals surface area contributed by atoms with Gasteiger partial charge in [0.15, 0.2) is 9.84 Å². The van der Waals surface area contributed by atoms with Gasteiger partial charge in [-0.1, -0.05) is 0 Å². The Labute approximate surface area is 119 Å². The highest BCUT2D eigenvalue weighted by Gasteiger charge is 2.31. The molecule has 1 amide bonds. The smallest absolute Gasteiger partial charge is 0.320 e. The minimum absolute atomic E-state index is 0.0732. The number of carbonyl (C=O) groups is 2. The second-order valence-corrected chi connectivity index (χ2v) is 7.18. The predicted molar refractivity (Wildman–Crippen MR) is 73.7 cm³/mol. The summed E-state index contributed by atoms with van der Waals surface area (Å²) in [5.41, 5.74) is 4.94. The Hall–Kier alpha value is -1.15. The van der Waals surface area contributed by atoms with E-state index < -0.39 is 15.7 Å². The number of hydrogen-bond acceptors (Lipinski definition) is 6. The van der Waals surface area contributed by atoms with Crippen molar-refractivity contribution in [2.24, 2.45) is 5.73 Å². The molecular weight excluding hydrogens is 284 g/mol. The van der Waals surface area contributed by atoms with Crippen LogP contribution >= 0.6 is 0 Å². The van der Waals surface area contributed by atoms with E-state index in [0.29, 0.717) is 6.61 Å². The Balaban J connectivity index is 2.42. The quantitative estimate of drug-likeness (QED) is 0.535. The van der Waals surface area contributed by atoms with Gasteiger partial charge in [0.25, 0.3) is 0 Å². The van der Waals surface area contributed by atoms with E-state index in [9.17, 15) is 18.0 Å². The molecule has 1 fully saturated rings. The van der Waals surface area contributed by atoms with Crippen LogP contribution in [0.25, 0.3) is 0 Å². The molecule has 8 heteroatoms. The molecular formula is C12H22N2O5S. The Morgan fingerprint density at radius 1 is 1.30 bits per heavy atom. The van der Waals surface area contributed by atoms with E-state index in [0.717, 1.165) is 12.8 Å². The standard InChI is InChI=1S/C12H22N2O5S/c1-2-19-12(16)9-14(10-3-4-10)6-8-20(17,18)7-5-11(13)15/h10H,2-9H2,1H3,(H2,13,15). The Morgan fingerprint density at radius 2 is 1.95 bits per heavy atom. The third kappa shape index (κ3) is 6.85. The molecule has 0 aromatic carbocycles. The van der Waals surface area contributed by atoms with Crippen molar-refractivity contribution in [3.63, 3.8) is 0 Å². The molecule has 0 aliphatic heterocycles. The van der Waals surface area contributed by atoms with Gasteiger partial charge in [0.05, 0.1) is 24.7 Å². The summed E-state index contributed by atoms with van der Waals surface area (Å²) in [5.74, 6) is -1.27. The highest BCUT2D eigenvalue weighted by molar-refractivity contribution is 7.91. The van der Waals surface area contributed by atoms with Gasteiger partial charge in [-0.05, 0) is 19.8 Å². The number of ether oxygens (including phenoxy) is 1. The molecule has 0 saturated heterocycles. The SMILES string of the molecule is CCOC(=O)CN(CCS(=O)(=O)CCC(N)=O)C1CC1. The molecule has 116 valence electrons. The molecule has 0 heterocycles. The number of carbonyl (C=O) groups excluding carboxylic acids is 2. The summed E-state index contributed by atoms with van der Waals surface area (Å²) < 4.78 is 28.4. The molecule has 0 spiro atoms. The third-order valence-electron chi connectivity index (χ3n) is 3.05. The number of nitrogens with zero attached hydrogens (tertiary/aromatic N) is 1. The molecule has 0 bridgehead atoms. The van der Waals surface area contributed by atoms with Gasteiger partial charge >= 0.3 is 5.97 Å². The van der Waals surface area contributed by atoms with Gasteiger partial charge in [0, 0.05) is 19.0 Å². The second-order valence-electron chi connectivity index (χ2n) is 4.87. The van der Waals surface area contributed by atoms with Gasteiger partial charge in [-0.25, -0.2) is 8.42 Å². The number of amides is 1. The fourth-order valence-corrected chi connectivity index (χ4v) is 3.05. The molecule has 0 aromatic heterocycles. The molecule has 1 aliphatic rings. The summed E-state index contributed by atoms with van der Waals surface area (Å²) in [6.07, 6.45) is 1.78. The average molecular weight is 306 g/mol. The lowest BCUT2D eigenvalue weighted by atomic mass is 10.4. The van der Waals surface area contributed by atoms with Gasteiger partial charge < -0.3 is 10.5 Å². The summed E-state index contributed by atoms with van der Waals surface area (Å²) in [6.45, 7) is 2.44. The van der Waals surface area contributed by atoms with Crippen LogP contribution in [0, 0.1) is 0 Å². The van der Waals surface area contributed by atoms with Crippen molar-refractivity contribution in [3.05, 3.63) is 0 Å². The highest BCUT2D eigenvalue weighted by atomic mass is 32.2. The number of sulfone groups is 1. The Morgan fingerprint density at radius 3 is 2.45 bits per heavy atom. The van der Waals surface area contributed by atoms with Gasteiger partial charge in [-0.15, -0.1) is 0 Å². The molecule has 1 saturated carbocycles. The molecule has 0 unspecified atom stereocenters. The molecule has 0 aromatic rings. The predicted octanol–water partition coefficient (Wildman–Crippen LogP) is -0.696. The first-order valence-electron chi connectivity index (χ1n) is 6.72. The van der Waals surface area contributed by atoms with Crippen molar-refractivity contribution in [1.29, 1.82) is 0 Å². The topological polar surface area (TPSA) is 107 Å². The van der Waals surface area contributed by atoms with Gasteiger partial charge in [0.1, 0.15) is 0 Å². The first-order chi connectivity index (χ1) is 9.34. The minimum Gasteiger partial charge on any atom is -0.465 e. The summed E-state index contributed by atoms with van der Waals surface area (Å²) in [4.78, 5) is 23.9. The molecule has 20 heavy (non-hydrogen) atoms. The number of primary amides is 1. The second kappa shape index (κ2) is 7.58. The van der Waals surface area contributed by atoms with Crippen LogP contribution in [0.2, 0.25) is 0 Å². The van der Waals surface area contributed by atoms with Crippen LogP contribution in [-0.4, -0.2) is 62.4 Å². The highest BCUT2D eigenvalue weighted by Crippen LogP contribution is 2.26. The fourth-order valence-electron chi connectivity index (χ4n) is 1.82.